The summed E-state index contributed by atoms with van der Waals surface area (Å²) in [6.07, 6.45) is 1.82. The summed E-state index contributed by atoms with van der Waals surface area (Å²) < 4.78 is 12.7. The summed E-state index contributed by atoms with van der Waals surface area (Å²) in [6, 6.07) is 4.96. The molecule has 94 valence electrons. The SMILES string of the molecule is CSc1n[nH]c(NC(=O)Nc2ccc(F)cc2)n1. The van der Waals surface area contributed by atoms with Crippen molar-refractivity contribution in [3.05, 3.63) is 30.1 Å². The Balaban J connectivity index is 1.94. The normalized spacial score (nSPS) is 10.1. The van der Waals surface area contributed by atoms with Crippen LogP contribution < -0.4 is 10.6 Å². The Hall–Kier alpha value is -2.09. The second-order valence-electron chi connectivity index (χ2n) is 3.26. The molecule has 0 bridgehead atoms. The molecule has 0 aliphatic carbocycles. The maximum absolute atomic E-state index is 12.7. The third kappa shape index (κ3) is 3.20. The summed E-state index contributed by atoms with van der Waals surface area (Å²) in [5.41, 5.74) is 0.485. The van der Waals surface area contributed by atoms with Gasteiger partial charge in [0.2, 0.25) is 11.1 Å². The lowest BCUT2D eigenvalue weighted by Crippen LogP contribution is -2.20. The first-order valence-corrected chi connectivity index (χ1v) is 6.20. The number of carbonyl (C=O) groups is 1. The summed E-state index contributed by atoms with van der Waals surface area (Å²) in [5.74, 6) is -0.111. The van der Waals surface area contributed by atoms with Crippen molar-refractivity contribution < 1.29 is 9.18 Å². The number of nitrogens with zero attached hydrogens (tertiary/aromatic N) is 2. The Bertz CT molecular complexity index is 541. The Morgan fingerprint density at radius 1 is 1.33 bits per heavy atom. The lowest BCUT2D eigenvalue weighted by atomic mass is 10.3. The van der Waals surface area contributed by atoms with Gasteiger partial charge >= 0.3 is 6.03 Å². The van der Waals surface area contributed by atoms with E-state index in [9.17, 15) is 9.18 Å². The number of amides is 2. The van der Waals surface area contributed by atoms with Gasteiger partial charge in [0, 0.05) is 5.69 Å². The second-order valence-corrected chi connectivity index (χ2v) is 4.03. The summed E-state index contributed by atoms with van der Waals surface area (Å²) in [6.45, 7) is 0. The Kier molecular flexibility index (Phi) is 3.78. The minimum atomic E-state index is -0.481. The molecule has 0 aliphatic rings. The molecule has 1 aromatic heterocycles. The van der Waals surface area contributed by atoms with Crippen molar-refractivity contribution in [1.29, 1.82) is 0 Å². The van der Waals surface area contributed by atoms with E-state index in [4.69, 9.17) is 0 Å². The Morgan fingerprint density at radius 3 is 2.67 bits per heavy atom. The largest absolute Gasteiger partial charge is 0.326 e. The summed E-state index contributed by atoms with van der Waals surface area (Å²) in [7, 11) is 0. The molecule has 1 heterocycles. The fourth-order valence-corrected chi connectivity index (χ4v) is 1.52. The number of benzene rings is 1. The van der Waals surface area contributed by atoms with Crippen molar-refractivity contribution in [2.24, 2.45) is 0 Å². The molecule has 18 heavy (non-hydrogen) atoms. The topological polar surface area (TPSA) is 82.7 Å². The minimum Gasteiger partial charge on any atom is -0.308 e. The average Bonchev–Trinajstić information content (AvgIpc) is 2.79. The number of anilines is 2. The van der Waals surface area contributed by atoms with E-state index in [2.05, 4.69) is 25.8 Å². The van der Waals surface area contributed by atoms with E-state index >= 15 is 0 Å². The lowest BCUT2D eigenvalue weighted by Gasteiger charge is -2.04. The van der Waals surface area contributed by atoms with Gasteiger partial charge in [0.1, 0.15) is 5.82 Å². The van der Waals surface area contributed by atoms with Gasteiger partial charge in [0.15, 0.2) is 0 Å². The molecule has 0 radical (unpaired) electrons. The number of urea groups is 1. The number of hydrogen-bond acceptors (Lipinski definition) is 4. The van der Waals surface area contributed by atoms with E-state index in [1.165, 1.54) is 36.0 Å². The van der Waals surface area contributed by atoms with E-state index in [1.54, 1.807) is 0 Å². The van der Waals surface area contributed by atoms with Crippen LogP contribution in [-0.2, 0) is 0 Å². The van der Waals surface area contributed by atoms with Gasteiger partial charge in [0.25, 0.3) is 0 Å². The van der Waals surface area contributed by atoms with Crippen LogP contribution in [0.2, 0.25) is 0 Å². The molecule has 6 nitrogen and oxygen atoms in total. The quantitative estimate of drug-likeness (QED) is 0.745. The molecule has 2 amide bonds. The molecule has 3 N–H and O–H groups in total. The highest BCUT2D eigenvalue weighted by atomic mass is 32.2. The standard InChI is InChI=1S/C10H10FN5OS/c1-18-10-14-8(15-16-10)13-9(17)12-7-4-2-6(11)3-5-7/h2-5H,1H3,(H3,12,13,14,15,16,17). The first-order valence-electron chi connectivity index (χ1n) is 4.97. The molecule has 2 rings (SSSR count). The second kappa shape index (κ2) is 5.50. The van der Waals surface area contributed by atoms with Crippen LogP contribution in [-0.4, -0.2) is 27.5 Å². The van der Waals surface area contributed by atoms with E-state index in [-0.39, 0.29) is 11.8 Å². The number of H-pyrrole nitrogens is 1. The molecule has 8 heteroatoms. The molecule has 0 saturated carbocycles. The zero-order chi connectivity index (χ0) is 13.0. The smallest absolute Gasteiger partial charge is 0.308 e. The van der Waals surface area contributed by atoms with Crippen LogP contribution in [0.3, 0.4) is 0 Å². The van der Waals surface area contributed by atoms with Crippen molar-refractivity contribution >= 4 is 29.4 Å². The fourth-order valence-electron chi connectivity index (χ4n) is 1.20. The molecule has 0 saturated heterocycles. The summed E-state index contributed by atoms with van der Waals surface area (Å²) >= 11 is 1.36. The number of hydrogen-bond donors (Lipinski definition) is 3. The molecule has 1 aromatic carbocycles. The molecule has 2 aromatic rings. The highest BCUT2D eigenvalue weighted by Gasteiger charge is 2.06. The minimum absolute atomic E-state index is 0.249. The molecule has 0 aliphatic heterocycles. The van der Waals surface area contributed by atoms with E-state index in [0.717, 1.165) is 0 Å². The van der Waals surface area contributed by atoms with E-state index in [1.807, 2.05) is 6.26 Å². The van der Waals surface area contributed by atoms with Gasteiger partial charge < -0.3 is 5.32 Å². The van der Waals surface area contributed by atoms with Crippen molar-refractivity contribution in [1.82, 2.24) is 15.2 Å². The third-order valence-corrected chi connectivity index (χ3v) is 2.53. The number of thioether (sulfide) groups is 1. The monoisotopic (exact) mass is 267 g/mol. The number of aromatic nitrogens is 3. The van der Waals surface area contributed by atoms with Crippen LogP contribution in [0.1, 0.15) is 0 Å². The highest BCUT2D eigenvalue weighted by Crippen LogP contribution is 2.11. The van der Waals surface area contributed by atoms with Gasteiger partial charge in [-0.15, -0.1) is 5.10 Å². The molecule has 0 unspecified atom stereocenters. The predicted octanol–water partition coefficient (Wildman–Crippen LogP) is 2.31. The lowest BCUT2D eigenvalue weighted by molar-refractivity contribution is 0.262. The van der Waals surface area contributed by atoms with Gasteiger partial charge in [-0.1, -0.05) is 11.8 Å². The van der Waals surface area contributed by atoms with Gasteiger partial charge in [-0.25, -0.2) is 14.3 Å². The Morgan fingerprint density at radius 2 is 2.06 bits per heavy atom. The van der Waals surface area contributed by atoms with Crippen molar-refractivity contribution in [2.45, 2.75) is 5.16 Å². The zero-order valence-electron chi connectivity index (χ0n) is 9.40. The van der Waals surface area contributed by atoms with Crippen LogP contribution in [0.15, 0.2) is 29.4 Å². The zero-order valence-corrected chi connectivity index (χ0v) is 10.2. The fraction of sp³-hybridized carbons (Fsp3) is 0.100. The number of halogens is 1. The van der Waals surface area contributed by atoms with Gasteiger partial charge in [0.05, 0.1) is 0 Å². The van der Waals surface area contributed by atoms with Gasteiger partial charge in [-0.05, 0) is 30.5 Å². The third-order valence-electron chi connectivity index (χ3n) is 1.98. The Labute approximate surface area is 106 Å². The van der Waals surface area contributed by atoms with Gasteiger partial charge in [-0.2, -0.15) is 4.98 Å². The number of aromatic amines is 1. The molecule has 0 spiro atoms. The van der Waals surface area contributed by atoms with Crippen molar-refractivity contribution in [3.63, 3.8) is 0 Å². The first kappa shape index (κ1) is 12.4. The van der Waals surface area contributed by atoms with Crippen LogP contribution in [0.25, 0.3) is 0 Å². The first-order chi connectivity index (χ1) is 8.67. The number of carbonyl (C=O) groups excluding carboxylic acids is 1. The maximum Gasteiger partial charge on any atom is 0.326 e. The highest BCUT2D eigenvalue weighted by molar-refractivity contribution is 7.98. The number of nitrogens with one attached hydrogen (secondary N) is 3. The molecule has 0 atom stereocenters. The average molecular weight is 267 g/mol. The maximum atomic E-state index is 12.7. The summed E-state index contributed by atoms with van der Waals surface area (Å²) in [4.78, 5) is 15.5. The summed E-state index contributed by atoms with van der Waals surface area (Å²) in [5, 5.41) is 12.0. The van der Waals surface area contributed by atoms with Crippen LogP contribution >= 0.6 is 11.8 Å². The van der Waals surface area contributed by atoms with Crippen LogP contribution in [0.5, 0.6) is 0 Å². The van der Waals surface area contributed by atoms with Crippen molar-refractivity contribution in [2.75, 3.05) is 16.9 Å². The van der Waals surface area contributed by atoms with Crippen molar-refractivity contribution in [3.8, 4) is 0 Å². The number of rotatable bonds is 3. The van der Waals surface area contributed by atoms with E-state index < -0.39 is 6.03 Å². The molecule has 0 fully saturated rings. The van der Waals surface area contributed by atoms with Crippen LogP contribution in [0.4, 0.5) is 20.8 Å². The predicted molar refractivity (Wildman–Crippen MR) is 67.2 cm³/mol. The van der Waals surface area contributed by atoms with Gasteiger partial charge in [-0.3, -0.25) is 5.32 Å². The molecular formula is C10H10FN5OS. The van der Waals surface area contributed by atoms with Crippen LogP contribution in [0, 0.1) is 5.82 Å². The van der Waals surface area contributed by atoms with E-state index in [0.29, 0.717) is 10.8 Å². The molecular weight excluding hydrogens is 257 g/mol.